The van der Waals surface area contributed by atoms with Gasteiger partial charge < -0.3 is 20.1 Å². The number of thiazole rings is 1. The molecule has 33 heavy (non-hydrogen) atoms. The molecule has 1 fully saturated rings. The molecule has 4 amide bonds. The number of urea groups is 1. The summed E-state index contributed by atoms with van der Waals surface area (Å²) in [5.74, 6) is 0.710. The average Bonchev–Trinajstić information content (AvgIpc) is 3.51. The zero-order valence-electron chi connectivity index (χ0n) is 17.7. The quantitative estimate of drug-likeness (QED) is 0.539. The Hall–Kier alpha value is -3.92. The summed E-state index contributed by atoms with van der Waals surface area (Å²) in [4.78, 5) is 43.1. The Balaban J connectivity index is 1.18. The van der Waals surface area contributed by atoms with E-state index in [0.717, 1.165) is 16.0 Å². The first-order valence-electron chi connectivity index (χ1n) is 10.3. The second kappa shape index (κ2) is 8.55. The molecular formula is C23H20N4O5S. The summed E-state index contributed by atoms with van der Waals surface area (Å²) < 4.78 is 10.7. The van der Waals surface area contributed by atoms with Gasteiger partial charge in [0, 0.05) is 17.4 Å². The number of benzene rings is 2. The van der Waals surface area contributed by atoms with E-state index in [1.54, 1.807) is 18.2 Å². The van der Waals surface area contributed by atoms with Crippen LogP contribution in [0.2, 0.25) is 0 Å². The third-order valence-electron chi connectivity index (χ3n) is 5.36. The molecule has 1 saturated heterocycles. The van der Waals surface area contributed by atoms with E-state index in [9.17, 15) is 14.4 Å². The molecule has 2 aliphatic rings. The molecule has 168 valence electrons. The van der Waals surface area contributed by atoms with Gasteiger partial charge >= 0.3 is 6.03 Å². The minimum Gasteiger partial charge on any atom is -0.454 e. The summed E-state index contributed by atoms with van der Waals surface area (Å²) in [7, 11) is 0. The van der Waals surface area contributed by atoms with Gasteiger partial charge in [-0.05, 0) is 49.2 Å². The standard InChI is InChI=1S/C23H20N4O5S/c1-13-3-2-4-15(9-13)27-21(29)16(25-23(27)30)6-8-20(28)26-22-24-17(11-33-22)14-5-7-18-19(10-14)32-12-31-18/h2-5,7,9-11,16H,6,8,12H2,1H3,(H,25,30)(H,24,26,28). The molecule has 0 bridgehead atoms. The summed E-state index contributed by atoms with van der Waals surface area (Å²) in [5, 5.41) is 7.71. The lowest BCUT2D eigenvalue weighted by atomic mass is 10.1. The molecule has 3 heterocycles. The van der Waals surface area contributed by atoms with Crippen molar-refractivity contribution >= 4 is 40.0 Å². The number of carbonyl (C=O) groups excluding carboxylic acids is 3. The van der Waals surface area contributed by atoms with Gasteiger partial charge in [0.15, 0.2) is 16.6 Å². The Morgan fingerprint density at radius 1 is 1.21 bits per heavy atom. The molecule has 2 aromatic carbocycles. The Kier molecular flexibility index (Phi) is 5.43. The zero-order chi connectivity index (χ0) is 22.9. The molecule has 2 aliphatic heterocycles. The summed E-state index contributed by atoms with van der Waals surface area (Å²) in [6.45, 7) is 2.09. The zero-order valence-corrected chi connectivity index (χ0v) is 18.5. The molecule has 3 aromatic rings. The molecule has 2 N–H and O–H groups in total. The summed E-state index contributed by atoms with van der Waals surface area (Å²) in [5.41, 5.74) is 3.02. The number of aryl methyl sites for hydroxylation is 1. The lowest BCUT2D eigenvalue weighted by Gasteiger charge is -2.13. The number of fused-ring (bicyclic) bond motifs is 1. The Bertz CT molecular complexity index is 1260. The maximum absolute atomic E-state index is 12.7. The van der Waals surface area contributed by atoms with Gasteiger partial charge in [0.1, 0.15) is 6.04 Å². The number of imide groups is 1. The number of nitrogens with one attached hydrogen (secondary N) is 2. The van der Waals surface area contributed by atoms with Crippen LogP contribution in [0.1, 0.15) is 18.4 Å². The minimum absolute atomic E-state index is 0.0667. The monoisotopic (exact) mass is 464 g/mol. The van der Waals surface area contributed by atoms with Crippen LogP contribution in [0.15, 0.2) is 47.8 Å². The summed E-state index contributed by atoms with van der Waals surface area (Å²) in [6, 6.07) is 11.5. The molecule has 1 atom stereocenters. The highest BCUT2D eigenvalue weighted by atomic mass is 32.1. The van der Waals surface area contributed by atoms with E-state index in [1.807, 2.05) is 36.6 Å². The second-order valence-electron chi connectivity index (χ2n) is 7.71. The van der Waals surface area contributed by atoms with Crippen LogP contribution in [0, 0.1) is 6.92 Å². The number of carbonyl (C=O) groups is 3. The smallest absolute Gasteiger partial charge is 0.329 e. The van der Waals surface area contributed by atoms with E-state index >= 15 is 0 Å². The Labute approximate surface area is 193 Å². The third-order valence-corrected chi connectivity index (χ3v) is 6.12. The van der Waals surface area contributed by atoms with E-state index in [2.05, 4.69) is 15.6 Å². The van der Waals surface area contributed by atoms with E-state index in [1.165, 1.54) is 11.3 Å². The number of nitrogens with zero attached hydrogens (tertiary/aromatic N) is 2. The minimum atomic E-state index is -0.746. The summed E-state index contributed by atoms with van der Waals surface area (Å²) >= 11 is 1.30. The van der Waals surface area contributed by atoms with Gasteiger partial charge in [-0.1, -0.05) is 12.1 Å². The highest BCUT2D eigenvalue weighted by molar-refractivity contribution is 7.14. The fraction of sp³-hybridized carbons (Fsp3) is 0.217. The van der Waals surface area contributed by atoms with Crippen LogP contribution in [-0.2, 0) is 9.59 Å². The first-order valence-corrected chi connectivity index (χ1v) is 11.2. The number of amides is 4. The molecule has 0 saturated carbocycles. The van der Waals surface area contributed by atoms with Gasteiger partial charge in [-0.25, -0.2) is 14.7 Å². The highest BCUT2D eigenvalue weighted by Gasteiger charge is 2.39. The van der Waals surface area contributed by atoms with Crippen LogP contribution in [-0.4, -0.2) is 35.7 Å². The average molecular weight is 465 g/mol. The van der Waals surface area contributed by atoms with Crippen LogP contribution < -0.4 is 25.0 Å². The molecule has 1 aromatic heterocycles. The van der Waals surface area contributed by atoms with Crippen molar-refractivity contribution in [1.82, 2.24) is 10.3 Å². The van der Waals surface area contributed by atoms with E-state index in [4.69, 9.17) is 9.47 Å². The van der Waals surface area contributed by atoms with Gasteiger partial charge in [0.25, 0.3) is 5.91 Å². The second-order valence-corrected chi connectivity index (χ2v) is 8.57. The SMILES string of the molecule is Cc1cccc(N2C(=O)NC(CCC(=O)Nc3nc(-c4ccc5c(c4)OCO5)cs3)C2=O)c1. The van der Waals surface area contributed by atoms with E-state index < -0.39 is 12.1 Å². The number of rotatable bonds is 6. The number of ether oxygens (including phenoxy) is 2. The van der Waals surface area contributed by atoms with Crippen molar-refractivity contribution in [3.05, 3.63) is 53.4 Å². The topological polar surface area (TPSA) is 110 Å². The summed E-state index contributed by atoms with van der Waals surface area (Å²) in [6.07, 6.45) is 0.260. The van der Waals surface area contributed by atoms with Crippen LogP contribution in [0.5, 0.6) is 11.5 Å². The van der Waals surface area contributed by atoms with Crippen molar-refractivity contribution in [2.45, 2.75) is 25.8 Å². The van der Waals surface area contributed by atoms with Crippen molar-refractivity contribution in [1.29, 1.82) is 0 Å². The molecule has 10 heteroatoms. The van der Waals surface area contributed by atoms with Crippen LogP contribution in [0.4, 0.5) is 15.6 Å². The molecule has 0 spiro atoms. The first-order chi connectivity index (χ1) is 16.0. The molecular weight excluding hydrogens is 444 g/mol. The van der Waals surface area contributed by atoms with Gasteiger partial charge in [-0.2, -0.15) is 0 Å². The van der Waals surface area contributed by atoms with Crippen molar-refractivity contribution < 1.29 is 23.9 Å². The Morgan fingerprint density at radius 3 is 2.91 bits per heavy atom. The number of aromatic nitrogens is 1. The Morgan fingerprint density at radius 2 is 2.06 bits per heavy atom. The van der Waals surface area contributed by atoms with Gasteiger partial charge in [-0.15, -0.1) is 11.3 Å². The number of hydrogen-bond donors (Lipinski definition) is 2. The fourth-order valence-corrected chi connectivity index (χ4v) is 4.45. The fourth-order valence-electron chi connectivity index (χ4n) is 3.72. The van der Waals surface area contributed by atoms with Gasteiger partial charge in [0.05, 0.1) is 11.4 Å². The maximum atomic E-state index is 12.7. The highest BCUT2D eigenvalue weighted by Crippen LogP contribution is 2.36. The molecule has 0 radical (unpaired) electrons. The predicted octanol–water partition coefficient (Wildman–Crippen LogP) is 3.69. The lowest BCUT2D eigenvalue weighted by molar-refractivity contribution is -0.119. The van der Waals surface area contributed by atoms with Crippen LogP contribution in [0.25, 0.3) is 11.3 Å². The predicted molar refractivity (Wildman–Crippen MR) is 123 cm³/mol. The van der Waals surface area contributed by atoms with Crippen molar-refractivity contribution in [3.63, 3.8) is 0 Å². The molecule has 0 aliphatic carbocycles. The van der Waals surface area contributed by atoms with Crippen molar-refractivity contribution in [2.75, 3.05) is 17.0 Å². The third kappa shape index (κ3) is 4.24. The molecule has 1 unspecified atom stereocenters. The number of anilines is 2. The lowest BCUT2D eigenvalue weighted by Crippen LogP contribution is -2.31. The first kappa shape index (κ1) is 21.0. The molecule has 5 rings (SSSR count). The molecule has 9 nitrogen and oxygen atoms in total. The van der Waals surface area contributed by atoms with E-state index in [-0.39, 0.29) is 31.4 Å². The normalized spacial score (nSPS) is 16.8. The largest absolute Gasteiger partial charge is 0.454 e. The maximum Gasteiger partial charge on any atom is 0.329 e. The van der Waals surface area contributed by atoms with Crippen molar-refractivity contribution in [2.24, 2.45) is 0 Å². The van der Waals surface area contributed by atoms with Crippen LogP contribution in [0.3, 0.4) is 0 Å². The van der Waals surface area contributed by atoms with Gasteiger partial charge in [0.2, 0.25) is 12.7 Å². The van der Waals surface area contributed by atoms with Crippen molar-refractivity contribution in [3.8, 4) is 22.8 Å². The van der Waals surface area contributed by atoms with E-state index in [0.29, 0.717) is 28.0 Å². The van der Waals surface area contributed by atoms with Gasteiger partial charge in [-0.3, -0.25) is 9.59 Å². The number of hydrogen-bond acceptors (Lipinski definition) is 7. The van der Waals surface area contributed by atoms with Crippen LogP contribution >= 0.6 is 11.3 Å².